The average molecular weight is 660 g/mol. The second-order valence-electron chi connectivity index (χ2n) is 16.3. The molecular formula is C43H65NO4. The molecule has 0 radical (unpaired) electrons. The van der Waals surface area contributed by atoms with Crippen molar-refractivity contribution < 1.29 is 19.7 Å². The zero-order chi connectivity index (χ0) is 33.6. The summed E-state index contributed by atoms with van der Waals surface area (Å²) in [5, 5.41) is 23.1. The maximum Gasteiger partial charge on any atom is 0.311 e. The Morgan fingerprint density at radius 3 is 2.25 bits per heavy atom. The van der Waals surface area contributed by atoms with Crippen LogP contribution >= 0.6 is 0 Å². The maximum atomic E-state index is 12.7. The largest absolute Gasteiger partial charge is 0.484 e. The highest BCUT2D eigenvalue weighted by Gasteiger charge is 2.71. The summed E-state index contributed by atoms with van der Waals surface area (Å²) in [5.74, 6) is 0.220. The molecule has 2 unspecified atom stereocenters. The van der Waals surface area contributed by atoms with Crippen LogP contribution in [0.4, 0.5) is 0 Å². The predicted octanol–water partition coefficient (Wildman–Crippen LogP) is 10.2. The fourth-order valence-electron chi connectivity index (χ4n) is 10.1. The number of likely N-dealkylation sites (tertiary alicyclic amines) is 1. The Bertz CT molecular complexity index is 1280. The molecule has 6 rings (SSSR count). The molecule has 5 nitrogen and oxygen atoms in total. The Balaban J connectivity index is 0.970. The standard InChI is InChI=1S/C43H65NO4/c1-3-4-5-6-7-8-9-10-11-12-13-14-15-16-17-18-19-20-21-36(41(45)46)35-25-24-34-30-37-43(47)27-26-32(2)40-42(43,38(34)39(35)48-40)28-29-44(37)31-33-22-23-33/h10-11,24-25,33,36-37,40,47H,2-9,12-23,26-31H2,1H3,(H,45,46)/b11-10-/t36?,37?,40-,42-,43+/m0/s1. The lowest BCUT2D eigenvalue weighted by Crippen LogP contribution is -2.75. The van der Waals surface area contributed by atoms with Crippen LogP contribution in [-0.4, -0.2) is 51.9 Å². The number of carbonyl (C=O) groups is 1. The summed E-state index contributed by atoms with van der Waals surface area (Å²) in [5.41, 5.74) is 2.92. The molecule has 1 spiro atoms. The number of aliphatic hydroxyl groups is 1. The smallest absolute Gasteiger partial charge is 0.311 e. The summed E-state index contributed by atoms with van der Waals surface area (Å²) in [7, 11) is 0. The quantitative estimate of drug-likeness (QED) is 0.0958. The number of piperidine rings is 1. The first-order valence-electron chi connectivity index (χ1n) is 20.3. The van der Waals surface area contributed by atoms with Crippen LogP contribution in [0.3, 0.4) is 0 Å². The minimum Gasteiger partial charge on any atom is -0.484 e. The van der Waals surface area contributed by atoms with E-state index in [4.69, 9.17) is 4.74 Å². The molecule has 5 aliphatic rings. The lowest BCUT2D eigenvalue weighted by atomic mass is 9.48. The molecule has 1 saturated heterocycles. The number of unbranched alkanes of at least 4 members (excludes halogenated alkanes) is 14. The van der Waals surface area contributed by atoms with Crippen LogP contribution in [-0.2, 0) is 16.6 Å². The Morgan fingerprint density at radius 2 is 1.60 bits per heavy atom. The van der Waals surface area contributed by atoms with E-state index in [0.717, 1.165) is 80.0 Å². The molecule has 2 N–H and O–H groups in total. The molecule has 2 saturated carbocycles. The van der Waals surface area contributed by atoms with Crippen LogP contribution in [0.15, 0.2) is 36.4 Å². The van der Waals surface area contributed by atoms with Crippen molar-refractivity contribution in [1.82, 2.24) is 4.90 Å². The van der Waals surface area contributed by atoms with E-state index in [0.29, 0.717) is 6.42 Å². The highest BCUT2D eigenvalue weighted by molar-refractivity contribution is 5.79. The molecule has 2 aliphatic heterocycles. The van der Waals surface area contributed by atoms with Crippen molar-refractivity contribution in [3.05, 3.63) is 53.1 Å². The SMILES string of the molecule is C=C1CC[C@@]2(O)C3Cc4ccc(C(CCCCCCCCCC/C=C\CCCCCCCC)C(=O)O)c5c4[C@@]2(CCN3CC2CC2)[C@H]1O5. The van der Waals surface area contributed by atoms with Gasteiger partial charge < -0.3 is 14.9 Å². The molecule has 1 aromatic rings. The monoisotopic (exact) mass is 659 g/mol. The summed E-state index contributed by atoms with van der Waals surface area (Å²) in [6.07, 6.45) is 31.3. The van der Waals surface area contributed by atoms with Gasteiger partial charge in [-0.05, 0) is 94.2 Å². The summed E-state index contributed by atoms with van der Waals surface area (Å²) in [4.78, 5) is 15.3. The third-order valence-corrected chi connectivity index (χ3v) is 12.9. The van der Waals surface area contributed by atoms with Crippen molar-refractivity contribution in [3.8, 4) is 5.75 Å². The van der Waals surface area contributed by atoms with Gasteiger partial charge in [-0.1, -0.05) is 115 Å². The highest BCUT2D eigenvalue weighted by Crippen LogP contribution is 2.66. The molecule has 0 amide bonds. The average Bonchev–Trinajstić information content (AvgIpc) is 3.82. The van der Waals surface area contributed by atoms with Crippen LogP contribution in [0.5, 0.6) is 5.75 Å². The van der Waals surface area contributed by atoms with Crippen molar-refractivity contribution in [2.45, 2.75) is 184 Å². The molecule has 5 heteroatoms. The van der Waals surface area contributed by atoms with Gasteiger partial charge in [0.25, 0.3) is 0 Å². The van der Waals surface area contributed by atoms with Crippen molar-refractivity contribution in [3.63, 3.8) is 0 Å². The first kappa shape index (κ1) is 35.7. The molecule has 1 aromatic carbocycles. The van der Waals surface area contributed by atoms with Gasteiger partial charge in [-0.3, -0.25) is 9.69 Å². The summed E-state index contributed by atoms with van der Waals surface area (Å²) < 4.78 is 6.84. The topological polar surface area (TPSA) is 70.0 Å². The normalized spacial score (nSPS) is 28.1. The Kier molecular flexibility index (Phi) is 12.1. The second-order valence-corrected chi connectivity index (χ2v) is 16.3. The van der Waals surface area contributed by atoms with Crippen LogP contribution < -0.4 is 4.74 Å². The number of nitrogens with zero attached hydrogens (tertiary/aromatic N) is 1. The van der Waals surface area contributed by atoms with Crippen LogP contribution in [0.25, 0.3) is 0 Å². The van der Waals surface area contributed by atoms with E-state index in [1.54, 1.807) is 0 Å². The van der Waals surface area contributed by atoms with Crippen LogP contribution in [0.1, 0.15) is 171 Å². The lowest BCUT2D eigenvalue weighted by molar-refractivity contribution is -0.174. The fraction of sp³-hybridized carbons (Fsp3) is 0.744. The molecule has 48 heavy (non-hydrogen) atoms. The van der Waals surface area contributed by atoms with Crippen molar-refractivity contribution in [2.24, 2.45) is 5.92 Å². The number of carboxylic acids is 1. The van der Waals surface area contributed by atoms with E-state index in [9.17, 15) is 15.0 Å². The number of hydrogen-bond acceptors (Lipinski definition) is 4. The predicted molar refractivity (Wildman–Crippen MR) is 196 cm³/mol. The van der Waals surface area contributed by atoms with Crippen LogP contribution in [0.2, 0.25) is 0 Å². The number of ether oxygens (including phenoxy) is 1. The van der Waals surface area contributed by atoms with E-state index in [-0.39, 0.29) is 12.1 Å². The van der Waals surface area contributed by atoms with Gasteiger partial charge in [0, 0.05) is 23.7 Å². The van der Waals surface area contributed by atoms with Gasteiger partial charge in [-0.25, -0.2) is 0 Å². The van der Waals surface area contributed by atoms with E-state index < -0.39 is 22.9 Å². The number of carboxylic acid groups (broad SMARTS) is 1. The lowest BCUT2D eigenvalue weighted by Gasteiger charge is -2.63. The van der Waals surface area contributed by atoms with E-state index in [2.05, 4.69) is 42.7 Å². The zero-order valence-corrected chi connectivity index (χ0v) is 30.2. The number of hydrogen-bond donors (Lipinski definition) is 2. The van der Waals surface area contributed by atoms with Crippen molar-refractivity contribution in [2.75, 3.05) is 13.1 Å². The summed E-state index contributed by atoms with van der Waals surface area (Å²) in [6.45, 7) is 8.79. The second kappa shape index (κ2) is 16.3. The first-order valence-corrected chi connectivity index (χ1v) is 20.3. The number of aliphatic carboxylic acids is 1. The maximum absolute atomic E-state index is 12.7. The van der Waals surface area contributed by atoms with Gasteiger partial charge >= 0.3 is 5.97 Å². The summed E-state index contributed by atoms with van der Waals surface area (Å²) >= 11 is 0. The van der Waals surface area contributed by atoms with Gasteiger partial charge in [0.05, 0.1) is 16.9 Å². The van der Waals surface area contributed by atoms with Gasteiger partial charge in [0.15, 0.2) is 0 Å². The highest BCUT2D eigenvalue weighted by atomic mass is 16.5. The van der Waals surface area contributed by atoms with E-state index in [1.165, 1.54) is 108 Å². The molecule has 2 bridgehead atoms. The Morgan fingerprint density at radius 1 is 0.958 bits per heavy atom. The van der Waals surface area contributed by atoms with E-state index >= 15 is 0 Å². The molecule has 3 fully saturated rings. The third-order valence-electron chi connectivity index (χ3n) is 12.9. The van der Waals surface area contributed by atoms with Crippen LogP contribution in [0, 0.1) is 5.92 Å². The Hall–Kier alpha value is -2.11. The molecule has 266 valence electrons. The molecule has 0 aromatic heterocycles. The molecule has 2 heterocycles. The van der Waals surface area contributed by atoms with Gasteiger partial charge in [-0.15, -0.1) is 0 Å². The van der Waals surface area contributed by atoms with E-state index in [1.807, 2.05) is 0 Å². The van der Waals surface area contributed by atoms with Gasteiger partial charge in [0.1, 0.15) is 11.9 Å². The van der Waals surface area contributed by atoms with Crippen molar-refractivity contribution in [1.29, 1.82) is 0 Å². The summed E-state index contributed by atoms with van der Waals surface area (Å²) in [6, 6.07) is 4.34. The van der Waals surface area contributed by atoms with Gasteiger partial charge in [0.2, 0.25) is 0 Å². The fourth-order valence-corrected chi connectivity index (χ4v) is 10.1. The zero-order valence-electron chi connectivity index (χ0n) is 30.2. The van der Waals surface area contributed by atoms with Gasteiger partial charge in [-0.2, -0.15) is 0 Å². The minimum atomic E-state index is -0.856. The first-order chi connectivity index (χ1) is 23.4. The van der Waals surface area contributed by atoms with Crippen molar-refractivity contribution >= 4 is 5.97 Å². The molecule has 3 aliphatic carbocycles. The molecule has 5 atom stereocenters. The molecular weight excluding hydrogens is 594 g/mol. The Labute approximate surface area is 291 Å². The number of allylic oxidation sites excluding steroid dienone is 2. The number of benzene rings is 1. The minimum absolute atomic E-state index is 0.0992. The third kappa shape index (κ3) is 7.34. The number of rotatable bonds is 22.